The number of alkyl carbamates (subject to hydrolysis) is 1. The van der Waals surface area contributed by atoms with Crippen molar-refractivity contribution in [1.82, 2.24) is 15.3 Å². The molecule has 0 saturated heterocycles. The lowest BCUT2D eigenvalue weighted by molar-refractivity contribution is 0.153. The molecule has 2 N–H and O–H groups in total. The zero-order valence-corrected chi connectivity index (χ0v) is 20.2. The highest BCUT2D eigenvalue weighted by Crippen LogP contribution is 2.29. The Kier molecular flexibility index (Phi) is 8.14. The Labute approximate surface area is 200 Å². The zero-order chi connectivity index (χ0) is 22.2. The van der Waals surface area contributed by atoms with Crippen LogP contribution in [-0.4, -0.2) is 35.0 Å². The van der Waals surface area contributed by atoms with Gasteiger partial charge in [-0.2, -0.15) is 0 Å². The summed E-state index contributed by atoms with van der Waals surface area (Å²) >= 11 is 5.12. The highest BCUT2D eigenvalue weighted by molar-refractivity contribution is 7.99. The van der Waals surface area contributed by atoms with Crippen LogP contribution in [0.15, 0.2) is 70.0 Å². The van der Waals surface area contributed by atoms with Crippen LogP contribution < -0.4 is 5.32 Å². The second-order valence-corrected chi connectivity index (χ2v) is 10.3. The quantitative estimate of drug-likeness (QED) is 0.205. The molecule has 166 valence electrons. The van der Waals surface area contributed by atoms with E-state index in [9.17, 15) is 4.79 Å². The molecule has 2 aromatic heterocycles. The first-order chi connectivity index (χ1) is 15.7. The van der Waals surface area contributed by atoms with Gasteiger partial charge in [0, 0.05) is 27.8 Å². The average Bonchev–Trinajstić information content (AvgIpc) is 3.46. The molecule has 0 aliphatic heterocycles. The third-order valence-corrected chi connectivity index (χ3v) is 7.91. The number of rotatable bonds is 10. The number of imidazole rings is 1. The van der Waals surface area contributed by atoms with Gasteiger partial charge in [-0.1, -0.05) is 42.1 Å². The van der Waals surface area contributed by atoms with Gasteiger partial charge in [0.1, 0.15) is 6.61 Å². The van der Waals surface area contributed by atoms with Crippen LogP contribution in [0.1, 0.15) is 16.0 Å². The minimum atomic E-state index is -0.352. The van der Waals surface area contributed by atoms with E-state index >= 15 is 0 Å². The second-order valence-electron chi connectivity index (χ2n) is 7.13. The van der Waals surface area contributed by atoms with Crippen molar-refractivity contribution in [3.05, 3.63) is 76.0 Å². The molecular formula is C24H25N3O2S3. The Bertz CT molecular complexity index is 1130. The van der Waals surface area contributed by atoms with E-state index in [0.29, 0.717) is 13.2 Å². The van der Waals surface area contributed by atoms with E-state index in [1.54, 1.807) is 34.9 Å². The SMILES string of the molecule is Cc1c(CSc2nc3ccccc3[nH]2)cccc1SCCOC(=O)NCCc1cccs1. The lowest BCUT2D eigenvalue weighted by atomic mass is 10.1. The summed E-state index contributed by atoms with van der Waals surface area (Å²) in [6, 6.07) is 18.5. The number of amides is 1. The molecular weight excluding hydrogens is 458 g/mol. The number of aromatic nitrogens is 2. The van der Waals surface area contributed by atoms with Crippen LogP contribution in [0, 0.1) is 6.92 Å². The van der Waals surface area contributed by atoms with Crippen LogP contribution in [0.25, 0.3) is 11.0 Å². The third kappa shape index (κ3) is 6.31. The summed E-state index contributed by atoms with van der Waals surface area (Å²) in [6.07, 6.45) is 0.481. The number of para-hydroxylation sites is 2. The van der Waals surface area contributed by atoms with E-state index in [-0.39, 0.29) is 6.09 Å². The van der Waals surface area contributed by atoms with Crippen LogP contribution in [0.4, 0.5) is 4.79 Å². The van der Waals surface area contributed by atoms with E-state index in [0.717, 1.165) is 34.1 Å². The maximum Gasteiger partial charge on any atom is 0.407 e. The van der Waals surface area contributed by atoms with Crippen molar-refractivity contribution >= 4 is 52.0 Å². The molecule has 0 radical (unpaired) electrons. The maximum absolute atomic E-state index is 11.8. The Morgan fingerprint density at radius 1 is 1.12 bits per heavy atom. The van der Waals surface area contributed by atoms with E-state index in [4.69, 9.17) is 4.74 Å². The normalized spacial score (nSPS) is 11.0. The topological polar surface area (TPSA) is 67.0 Å². The van der Waals surface area contributed by atoms with Crippen molar-refractivity contribution in [2.24, 2.45) is 0 Å². The first-order valence-corrected chi connectivity index (χ1v) is 13.3. The Morgan fingerprint density at radius 2 is 2.03 bits per heavy atom. The van der Waals surface area contributed by atoms with Gasteiger partial charge in [-0.05, 0) is 54.1 Å². The minimum absolute atomic E-state index is 0.352. The summed E-state index contributed by atoms with van der Waals surface area (Å²) in [6.45, 7) is 3.12. The van der Waals surface area contributed by atoms with Crippen LogP contribution in [0.2, 0.25) is 0 Å². The predicted octanol–water partition coefficient (Wildman–Crippen LogP) is 6.29. The van der Waals surface area contributed by atoms with Gasteiger partial charge >= 0.3 is 6.09 Å². The first-order valence-electron chi connectivity index (χ1n) is 10.4. The summed E-state index contributed by atoms with van der Waals surface area (Å²) in [5.41, 5.74) is 4.60. The maximum atomic E-state index is 11.8. The Balaban J connectivity index is 1.20. The number of thioether (sulfide) groups is 2. The molecule has 2 aromatic carbocycles. The van der Waals surface area contributed by atoms with E-state index < -0.39 is 0 Å². The fourth-order valence-electron chi connectivity index (χ4n) is 3.20. The molecule has 0 unspecified atom stereocenters. The standard InChI is InChI=1S/C24H25N3O2S3/c1-17-18(16-32-23-26-20-8-2-3-9-21(20)27-23)6-4-10-22(17)31-15-13-29-24(28)25-12-11-19-7-5-14-30-19/h2-10,14H,11-13,15-16H2,1H3,(H,25,28)(H,26,27). The molecule has 8 heteroatoms. The molecule has 0 spiro atoms. The number of hydrogen-bond donors (Lipinski definition) is 2. The van der Waals surface area contributed by atoms with Crippen molar-refractivity contribution in [1.29, 1.82) is 0 Å². The molecule has 32 heavy (non-hydrogen) atoms. The van der Waals surface area contributed by atoms with Gasteiger partial charge in [0.2, 0.25) is 0 Å². The molecule has 2 heterocycles. The number of nitrogens with one attached hydrogen (secondary N) is 2. The van der Waals surface area contributed by atoms with Gasteiger partial charge in [-0.25, -0.2) is 9.78 Å². The van der Waals surface area contributed by atoms with Crippen molar-refractivity contribution in [2.75, 3.05) is 18.9 Å². The summed E-state index contributed by atoms with van der Waals surface area (Å²) in [7, 11) is 0. The second kappa shape index (κ2) is 11.4. The van der Waals surface area contributed by atoms with Gasteiger partial charge in [0.15, 0.2) is 5.16 Å². The van der Waals surface area contributed by atoms with Crippen molar-refractivity contribution in [3.8, 4) is 0 Å². The molecule has 0 aliphatic rings. The Morgan fingerprint density at radius 3 is 2.88 bits per heavy atom. The zero-order valence-electron chi connectivity index (χ0n) is 17.8. The molecule has 0 aliphatic carbocycles. The van der Waals surface area contributed by atoms with Crippen molar-refractivity contribution in [3.63, 3.8) is 0 Å². The number of thiophene rings is 1. The van der Waals surface area contributed by atoms with E-state index in [1.807, 2.05) is 35.7 Å². The smallest absolute Gasteiger partial charge is 0.407 e. The number of aromatic amines is 1. The largest absolute Gasteiger partial charge is 0.449 e. The molecule has 4 rings (SSSR count). The monoisotopic (exact) mass is 483 g/mol. The molecule has 5 nitrogen and oxygen atoms in total. The summed E-state index contributed by atoms with van der Waals surface area (Å²) in [5, 5.41) is 5.78. The van der Waals surface area contributed by atoms with Crippen molar-refractivity contribution < 1.29 is 9.53 Å². The van der Waals surface area contributed by atoms with Crippen molar-refractivity contribution in [2.45, 2.75) is 29.1 Å². The molecule has 0 saturated carbocycles. The van der Waals surface area contributed by atoms with Crippen LogP contribution in [-0.2, 0) is 16.9 Å². The van der Waals surface area contributed by atoms with E-state index in [2.05, 4.69) is 46.5 Å². The first kappa shape index (κ1) is 22.8. The predicted molar refractivity (Wildman–Crippen MR) is 135 cm³/mol. The van der Waals surface area contributed by atoms with Gasteiger partial charge in [0.05, 0.1) is 11.0 Å². The van der Waals surface area contributed by atoms with Gasteiger partial charge in [-0.3, -0.25) is 0 Å². The molecule has 0 fully saturated rings. The minimum Gasteiger partial charge on any atom is -0.449 e. The lowest BCUT2D eigenvalue weighted by Gasteiger charge is -2.11. The highest BCUT2D eigenvalue weighted by Gasteiger charge is 2.09. The van der Waals surface area contributed by atoms with Gasteiger partial charge in [0.25, 0.3) is 0 Å². The fourth-order valence-corrected chi connectivity index (χ4v) is 5.76. The molecule has 1 amide bonds. The molecule has 4 aromatic rings. The molecule has 0 bridgehead atoms. The van der Waals surface area contributed by atoms with E-state index in [1.165, 1.54) is 20.9 Å². The number of H-pyrrole nitrogens is 1. The number of carbonyl (C=O) groups is 1. The lowest BCUT2D eigenvalue weighted by Crippen LogP contribution is -2.27. The summed E-state index contributed by atoms with van der Waals surface area (Å²) < 4.78 is 5.30. The Hall–Kier alpha value is -2.42. The van der Waals surface area contributed by atoms with Gasteiger partial charge < -0.3 is 15.0 Å². The van der Waals surface area contributed by atoms with Crippen LogP contribution in [0.5, 0.6) is 0 Å². The summed E-state index contributed by atoms with van der Waals surface area (Å²) in [5.74, 6) is 1.57. The number of ether oxygens (including phenoxy) is 1. The van der Waals surface area contributed by atoms with Gasteiger partial charge in [-0.15, -0.1) is 23.1 Å². The number of carbonyl (C=O) groups excluding carboxylic acids is 1. The third-order valence-electron chi connectivity index (χ3n) is 4.92. The number of benzene rings is 2. The fraction of sp³-hybridized carbons (Fsp3) is 0.250. The molecule has 0 atom stereocenters. The van der Waals surface area contributed by atoms with Crippen LogP contribution >= 0.6 is 34.9 Å². The van der Waals surface area contributed by atoms with Crippen LogP contribution in [0.3, 0.4) is 0 Å². The number of nitrogens with zero attached hydrogens (tertiary/aromatic N) is 1. The number of fused-ring (bicyclic) bond motifs is 1. The summed E-state index contributed by atoms with van der Waals surface area (Å²) in [4.78, 5) is 22.3. The average molecular weight is 484 g/mol. The highest BCUT2D eigenvalue weighted by atomic mass is 32.2. The number of hydrogen-bond acceptors (Lipinski definition) is 6.